The van der Waals surface area contributed by atoms with Gasteiger partial charge in [-0.3, -0.25) is 4.79 Å². The zero-order chi connectivity index (χ0) is 22.8. The number of esters is 1. The number of amidine groups is 1. The second-order valence-electron chi connectivity index (χ2n) is 9.04. The lowest BCUT2D eigenvalue weighted by Gasteiger charge is -2.39. The highest BCUT2D eigenvalue weighted by Gasteiger charge is 2.53. The van der Waals surface area contributed by atoms with E-state index in [2.05, 4.69) is 4.99 Å². The summed E-state index contributed by atoms with van der Waals surface area (Å²) in [5, 5.41) is 0. The van der Waals surface area contributed by atoms with Gasteiger partial charge in [0.1, 0.15) is 5.60 Å². The number of carbonyl (C=O) groups excluding carboxylic acids is 2. The van der Waals surface area contributed by atoms with Gasteiger partial charge in [0.05, 0.1) is 19.8 Å². The Morgan fingerprint density at radius 2 is 1.55 bits per heavy atom. The Morgan fingerprint density at radius 3 is 2.18 bits per heavy atom. The van der Waals surface area contributed by atoms with E-state index < -0.39 is 11.2 Å². The summed E-state index contributed by atoms with van der Waals surface area (Å²) >= 11 is 0. The third kappa shape index (κ3) is 2.86. The summed E-state index contributed by atoms with van der Waals surface area (Å²) in [6.45, 7) is 1.10. The summed E-state index contributed by atoms with van der Waals surface area (Å²) in [5.74, 6) is 0.487. The van der Waals surface area contributed by atoms with Crippen LogP contribution in [0.3, 0.4) is 0 Å². The fourth-order valence-corrected chi connectivity index (χ4v) is 5.51. The van der Waals surface area contributed by atoms with Crippen molar-refractivity contribution < 1.29 is 28.5 Å². The zero-order valence-electron chi connectivity index (χ0n) is 18.6. The third-order valence-electron chi connectivity index (χ3n) is 7.31. The van der Waals surface area contributed by atoms with Crippen LogP contribution in [0.1, 0.15) is 39.9 Å². The molecule has 0 saturated carbocycles. The average Bonchev–Trinajstić information content (AvgIpc) is 3.45. The summed E-state index contributed by atoms with van der Waals surface area (Å²) in [6, 6.07) is 11.9. The Hall–Kier alpha value is -3.55. The van der Waals surface area contributed by atoms with Gasteiger partial charge in [0.25, 0.3) is 11.9 Å². The van der Waals surface area contributed by atoms with Gasteiger partial charge in [-0.15, -0.1) is 0 Å². The van der Waals surface area contributed by atoms with Crippen molar-refractivity contribution in [3.05, 3.63) is 58.7 Å². The number of aliphatic imine (C=N–C) groups is 1. The molecule has 1 fully saturated rings. The van der Waals surface area contributed by atoms with Crippen molar-refractivity contribution in [3.63, 3.8) is 0 Å². The highest BCUT2D eigenvalue weighted by atomic mass is 16.6. The molecule has 3 aliphatic heterocycles. The Balaban J connectivity index is 1.21. The molecule has 170 valence electrons. The number of hydrogen-bond acceptors (Lipinski definition) is 7. The number of methoxy groups -OCH3 is 2. The minimum absolute atomic E-state index is 0.219. The highest BCUT2D eigenvalue weighted by Crippen LogP contribution is 2.48. The predicted octanol–water partition coefficient (Wildman–Crippen LogP) is 2.62. The first-order valence-corrected chi connectivity index (χ1v) is 11.1. The van der Waals surface area contributed by atoms with E-state index in [4.69, 9.17) is 18.9 Å². The molecule has 3 heterocycles. The van der Waals surface area contributed by atoms with Crippen molar-refractivity contribution in [1.29, 1.82) is 0 Å². The van der Waals surface area contributed by atoms with Crippen LogP contribution in [0.15, 0.2) is 41.4 Å². The summed E-state index contributed by atoms with van der Waals surface area (Å²) in [5.41, 5.74) is 1.95. The number of benzene rings is 2. The van der Waals surface area contributed by atoms with Gasteiger partial charge in [-0.25, -0.2) is 4.79 Å². The minimum atomic E-state index is -0.926. The number of likely N-dealkylation sites (tertiary alicyclic amines) is 1. The van der Waals surface area contributed by atoms with Gasteiger partial charge >= 0.3 is 5.97 Å². The van der Waals surface area contributed by atoms with E-state index in [-0.39, 0.29) is 11.9 Å². The number of nitrogens with zero attached hydrogens (tertiary/aromatic N) is 2. The summed E-state index contributed by atoms with van der Waals surface area (Å²) in [4.78, 5) is 31.8. The molecule has 1 saturated heterocycles. The average molecular weight is 448 g/mol. The van der Waals surface area contributed by atoms with Crippen LogP contribution in [-0.2, 0) is 32.7 Å². The van der Waals surface area contributed by atoms with E-state index in [9.17, 15) is 9.59 Å². The first kappa shape index (κ1) is 20.1. The van der Waals surface area contributed by atoms with Crippen molar-refractivity contribution in [1.82, 2.24) is 4.90 Å². The number of hydrogen-bond donors (Lipinski definition) is 0. The molecule has 0 bridgehead atoms. The lowest BCUT2D eigenvalue weighted by Crippen LogP contribution is -2.47. The second-order valence-corrected chi connectivity index (χ2v) is 9.04. The van der Waals surface area contributed by atoms with Gasteiger partial charge in [-0.1, -0.05) is 24.3 Å². The van der Waals surface area contributed by atoms with Crippen LogP contribution in [0.25, 0.3) is 0 Å². The normalized spacial score (nSPS) is 21.5. The molecule has 0 atom stereocenters. The highest BCUT2D eigenvalue weighted by molar-refractivity contribution is 6.02. The predicted molar refractivity (Wildman–Crippen MR) is 118 cm³/mol. The van der Waals surface area contributed by atoms with Gasteiger partial charge in [0.2, 0.25) is 5.60 Å². The third-order valence-corrected chi connectivity index (χ3v) is 7.31. The number of fused-ring (bicyclic) bond motifs is 3. The van der Waals surface area contributed by atoms with Crippen molar-refractivity contribution in [2.24, 2.45) is 4.99 Å². The minimum Gasteiger partial charge on any atom is -0.493 e. The van der Waals surface area contributed by atoms with Gasteiger partial charge in [-0.05, 0) is 23.3 Å². The van der Waals surface area contributed by atoms with Crippen molar-refractivity contribution >= 4 is 17.9 Å². The van der Waals surface area contributed by atoms with Crippen LogP contribution < -0.4 is 9.47 Å². The van der Waals surface area contributed by atoms with Crippen LogP contribution in [0, 0.1) is 0 Å². The second kappa shape index (κ2) is 6.97. The number of rotatable bonds is 2. The number of carbonyl (C=O) groups is 2. The molecule has 0 unspecified atom stereocenters. The monoisotopic (exact) mass is 448 g/mol. The number of amides is 1. The molecular weight excluding hydrogens is 424 g/mol. The molecule has 8 heteroatoms. The summed E-state index contributed by atoms with van der Waals surface area (Å²) < 4.78 is 22.9. The zero-order valence-corrected chi connectivity index (χ0v) is 18.6. The number of ether oxygens (including phenoxy) is 4. The van der Waals surface area contributed by atoms with Gasteiger partial charge < -0.3 is 23.8 Å². The van der Waals surface area contributed by atoms with Crippen molar-refractivity contribution in [3.8, 4) is 11.5 Å². The molecule has 0 radical (unpaired) electrons. The van der Waals surface area contributed by atoms with Gasteiger partial charge in [0.15, 0.2) is 11.5 Å². The Bertz CT molecular complexity index is 1190. The Kier molecular flexibility index (Phi) is 4.24. The van der Waals surface area contributed by atoms with E-state index in [1.165, 1.54) is 7.11 Å². The van der Waals surface area contributed by atoms with Gasteiger partial charge in [-0.2, -0.15) is 4.99 Å². The molecule has 1 amide bonds. The molecule has 1 aliphatic carbocycles. The van der Waals surface area contributed by atoms with E-state index in [0.29, 0.717) is 61.9 Å². The van der Waals surface area contributed by atoms with Crippen LogP contribution in [0.2, 0.25) is 0 Å². The molecule has 0 aromatic heterocycles. The molecule has 2 aromatic rings. The van der Waals surface area contributed by atoms with Crippen molar-refractivity contribution in [2.75, 3.05) is 27.3 Å². The first-order chi connectivity index (χ1) is 16.0. The Labute approximate surface area is 191 Å². The standard InChI is InChI=1S/C25H24N2O6/c1-30-19-11-17-18(12-20(19)31-2)24(32-21(17)28)7-9-27(10-8-24)23-26-22(29)25(33-23)13-15-5-3-4-6-16(15)14-25/h3-6,11-12H,7-10,13-14H2,1-2H3. The topological polar surface area (TPSA) is 86.7 Å². The van der Waals surface area contributed by atoms with Crippen LogP contribution in [0.5, 0.6) is 11.5 Å². The Morgan fingerprint density at radius 1 is 0.909 bits per heavy atom. The fraction of sp³-hybridized carbons (Fsp3) is 0.400. The largest absolute Gasteiger partial charge is 0.493 e. The van der Waals surface area contributed by atoms with Gasteiger partial charge in [0, 0.05) is 44.3 Å². The smallest absolute Gasteiger partial charge is 0.339 e. The molecule has 6 rings (SSSR count). The maximum atomic E-state index is 12.9. The van der Waals surface area contributed by atoms with Crippen LogP contribution in [0.4, 0.5) is 0 Å². The van der Waals surface area contributed by atoms with Crippen molar-refractivity contribution in [2.45, 2.75) is 36.9 Å². The van der Waals surface area contributed by atoms with E-state index in [1.807, 2.05) is 35.2 Å². The lowest BCUT2D eigenvalue weighted by atomic mass is 9.83. The molecule has 8 nitrogen and oxygen atoms in total. The molecule has 33 heavy (non-hydrogen) atoms. The number of piperidine rings is 1. The molecular formula is C25H24N2O6. The SMILES string of the molecule is COc1cc2c(cc1OC)C1(CCN(C3=NC(=O)C4(Cc5ccccc5C4)O3)CC1)OC2=O. The van der Waals surface area contributed by atoms with Crippen LogP contribution in [-0.4, -0.2) is 55.7 Å². The molecule has 0 N–H and O–H groups in total. The van der Waals surface area contributed by atoms with E-state index >= 15 is 0 Å². The quantitative estimate of drug-likeness (QED) is 0.653. The molecule has 2 spiro atoms. The molecule has 2 aromatic carbocycles. The lowest BCUT2D eigenvalue weighted by molar-refractivity contribution is -0.130. The van der Waals surface area contributed by atoms with E-state index in [0.717, 1.165) is 16.7 Å². The summed E-state index contributed by atoms with van der Waals surface area (Å²) in [6.07, 6.45) is 2.20. The first-order valence-electron chi connectivity index (χ1n) is 11.1. The van der Waals surface area contributed by atoms with E-state index in [1.54, 1.807) is 13.2 Å². The van der Waals surface area contributed by atoms with Crippen LogP contribution >= 0.6 is 0 Å². The summed E-state index contributed by atoms with van der Waals surface area (Å²) in [7, 11) is 3.11. The maximum absolute atomic E-state index is 12.9. The maximum Gasteiger partial charge on any atom is 0.339 e. The fourth-order valence-electron chi connectivity index (χ4n) is 5.51. The molecule has 4 aliphatic rings.